The van der Waals surface area contributed by atoms with E-state index in [0.29, 0.717) is 36.8 Å². The Labute approximate surface area is 443 Å². The van der Waals surface area contributed by atoms with Crippen molar-refractivity contribution in [3.63, 3.8) is 0 Å². The van der Waals surface area contributed by atoms with Gasteiger partial charge in [-0.1, -0.05) is 54.4 Å². The van der Waals surface area contributed by atoms with E-state index in [0.717, 1.165) is 175 Å². The Hall–Kier alpha value is -3.92. The van der Waals surface area contributed by atoms with Crippen molar-refractivity contribution in [3.8, 4) is 0 Å². The Balaban J connectivity index is 0.000000182. The van der Waals surface area contributed by atoms with Crippen LogP contribution in [0.1, 0.15) is 157 Å². The number of likely N-dealkylation sites (tertiary alicyclic amines) is 2. The minimum absolute atomic E-state index is 0.0975. The summed E-state index contributed by atoms with van der Waals surface area (Å²) in [5, 5.41) is 8.40. The van der Waals surface area contributed by atoms with Crippen molar-refractivity contribution in [1.29, 1.82) is 0 Å². The van der Waals surface area contributed by atoms with Crippen molar-refractivity contribution < 1.29 is 9.47 Å². The van der Waals surface area contributed by atoms with Crippen LogP contribution in [0.2, 0.25) is 0 Å². The number of morpholine rings is 2. The van der Waals surface area contributed by atoms with E-state index in [1.54, 1.807) is 0 Å². The molecule has 0 saturated carbocycles. The molecule has 0 unspecified atom stereocenters. The quantitative estimate of drug-likeness (QED) is 0.141. The number of fused-ring (bicyclic) bond motifs is 2. The number of nitrogens with one attached hydrogen (secondary N) is 2. The molecule has 2 spiro atoms. The summed E-state index contributed by atoms with van der Waals surface area (Å²) in [6.07, 6.45) is 11.2. The highest BCUT2D eigenvalue weighted by molar-refractivity contribution is 5.83. The van der Waals surface area contributed by atoms with Crippen molar-refractivity contribution in [1.82, 2.24) is 39.5 Å². The standard InChI is InChI=1S/2C30H47N5O2/c2*1-6-8-27(33-17-21(3)15-22(4)18-33)28-32-26-10-9-24(16-25(26)29(36)35(28)7-2)34-19-23(5)37-30(20-34)11-13-31-14-12-30/h2*9-10,16,21-23,27,31H,6-8,11-15,17-20H2,1-5H3/t21-,22+,23-,27+;21-,22+,23-,27-/m00/s1. The number of hydrogen-bond acceptors (Lipinski definition) is 12. The second-order valence-corrected chi connectivity index (χ2v) is 24.3. The third-order valence-electron chi connectivity index (χ3n) is 17.5. The maximum Gasteiger partial charge on any atom is 0.261 e. The van der Waals surface area contributed by atoms with Crippen LogP contribution in [0, 0.1) is 23.7 Å². The van der Waals surface area contributed by atoms with Crippen LogP contribution in [0.15, 0.2) is 46.0 Å². The van der Waals surface area contributed by atoms with E-state index in [4.69, 9.17) is 19.4 Å². The molecule has 2 N–H and O–H groups in total. The van der Waals surface area contributed by atoms with Crippen LogP contribution in [0.3, 0.4) is 0 Å². The summed E-state index contributed by atoms with van der Waals surface area (Å²) in [6, 6.07) is 13.0. The zero-order valence-corrected chi connectivity index (χ0v) is 47.3. The van der Waals surface area contributed by atoms with Gasteiger partial charge in [0.15, 0.2) is 0 Å². The van der Waals surface area contributed by atoms with Gasteiger partial charge in [0.05, 0.1) is 57.3 Å². The monoisotopic (exact) mass is 1020 g/mol. The lowest BCUT2D eigenvalue weighted by Crippen LogP contribution is -2.58. The summed E-state index contributed by atoms with van der Waals surface area (Å²) >= 11 is 0. The van der Waals surface area contributed by atoms with E-state index >= 15 is 0 Å². The highest BCUT2D eigenvalue weighted by Crippen LogP contribution is 2.38. The van der Waals surface area contributed by atoms with E-state index in [9.17, 15) is 9.59 Å². The Morgan fingerprint density at radius 3 is 1.26 bits per heavy atom. The van der Waals surface area contributed by atoms with Gasteiger partial charge in [0.25, 0.3) is 11.1 Å². The second-order valence-electron chi connectivity index (χ2n) is 24.3. The van der Waals surface area contributed by atoms with E-state index in [1.807, 2.05) is 9.13 Å². The number of anilines is 2. The van der Waals surface area contributed by atoms with Crippen LogP contribution in [-0.4, -0.2) is 131 Å². The molecular formula is C60H94N10O4. The van der Waals surface area contributed by atoms with Gasteiger partial charge in [-0.05, 0) is 165 Å². The lowest BCUT2D eigenvalue weighted by Gasteiger charge is -2.48. The van der Waals surface area contributed by atoms with Gasteiger partial charge in [-0.15, -0.1) is 0 Å². The minimum atomic E-state index is -0.0975. The van der Waals surface area contributed by atoms with Crippen molar-refractivity contribution in [2.24, 2.45) is 23.7 Å². The zero-order chi connectivity index (χ0) is 52.3. The van der Waals surface area contributed by atoms with Crippen LogP contribution in [-0.2, 0) is 22.6 Å². The maximum atomic E-state index is 13.9. The molecular weight excluding hydrogens is 925 g/mol. The topological polar surface area (TPSA) is 125 Å². The van der Waals surface area contributed by atoms with E-state index in [2.05, 4.69) is 136 Å². The van der Waals surface area contributed by atoms with Crippen molar-refractivity contribution in [3.05, 3.63) is 68.8 Å². The number of piperidine rings is 4. The third kappa shape index (κ3) is 12.0. The molecule has 6 fully saturated rings. The first-order chi connectivity index (χ1) is 35.6. The molecule has 8 heterocycles. The van der Waals surface area contributed by atoms with Gasteiger partial charge < -0.3 is 29.9 Å². The Kier molecular flexibility index (Phi) is 17.6. The average molecular weight is 1020 g/mol. The fraction of sp³-hybridized carbons (Fsp3) is 0.733. The molecule has 6 saturated heterocycles. The van der Waals surface area contributed by atoms with Crippen LogP contribution >= 0.6 is 0 Å². The first-order valence-electron chi connectivity index (χ1n) is 29.5. The molecule has 2 aromatic heterocycles. The van der Waals surface area contributed by atoms with Gasteiger partial charge in [0.2, 0.25) is 0 Å². The number of benzene rings is 2. The van der Waals surface area contributed by atoms with E-state index < -0.39 is 0 Å². The lowest BCUT2D eigenvalue weighted by molar-refractivity contribution is -0.114. The van der Waals surface area contributed by atoms with Gasteiger partial charge in [0, 0.05) is 76.8 Å². The van der Waals surface area contributed by atoms with Gasteiger partial charge in [-0.25, -0.2) is 9.97 Å². The number of rotatable bonds is 12. The molecule has 0 amide bonds. The molecule has 0 aliphatic carbocycles. The van der Waals surface area contributed by atoms with Crippen LogP contribution in [0.5, 0.6) is 0 Å². The van der Waals surface area contributed by atoms with E-state index in [-0.39, 0.29) is 46.6 Å². The summed E-state index contributed by atoms with van der Waals surface area (Å²) < 4.78 is 16.9. The Bertz CT molecular complexity index is 2440. The Morgan fingerprint density at radius 2 is 0.919 bits per heavy atom. The molecule has 4 aromatic rings. The average Bonchev–Trinajstić information content (AvgIpc) is 3.37. The molecule has 408 valence electrons. The summed E-state index contributed by atoms with van der Waals surface area (Å²) in [7, 11) is 0. The zero-order valence-electron chi connectivity index (χ0n) is 47.3. The molecule has 0 radical (unpaired) electrons. The van der Waals surface area contributed by atoms with Crippen molar-refractivity contribution in [2.75, 3.05) is 88.3 Å². The van der Waals surface area contributed by atoms with Crippen LogP contribution in [0.25, 0.3) is 21.8 Å². The first kappa shape index (κ1) is 54.9. The number of hydrogen-bond donors (Lipinski definition) is 2. The molecule has 8 atom stereocenters. The summed E-state index contributed by atoms with van der Waals surface area (Å²) in [5.74, 6) is 4.59. The highest BCUT2D eigenvalue weighted by Gasteiger charge is 2.42. The fourth-order valence-electron chi connectivity index (χ4n) is 14.6. The predicted molar refractivity (Wildman–Crippen MR) is 303 cm³/mol. The number of ether oxygens (including phenoxy) is 2. The molecule has 2 aromatic carbocycles. The largest absolute Gasteiger partial charge is 0.368 e. The first-order valence-corrected chi connectivity index (χ1v) is 29.5. The fourth-order valence-corrected chi connectivity index (χ4v) is 14.6. The van der Waals surface area contributed by atoms with Gasteiger partial charge in [-0.2, -0.15) is 0 Å². The summed E-state index contributed by atoms with van der Waals surface area (Å²) in [4.78, 5) is 48.4. The van der Waals surface area contributed by atoms with Gasteiger partial charge in [0.1, 0.15) is 11.6 Å². The smallest absolute Gasteiger partial charge is 0.261 e. The highest BCUT2D eigenvalue weighted by atomic mass is 16.5. The maximum absolute atomic E-state index is 13.9. The van der Waals surface area contributed by atoms with Crippen LogP contribution < -0.4 is 31.6 Å². The van der Waals surface area contributed by atoms with Crippen LogP contribution in [0.4, 0.5) is 11.4 Å². The summed E-state index contributed by atoms with van der Waals surface area (Å²) in [6.45, 7) is 35.5. The van der Waals surface area contributed by atoms with E-state index in [1.165, 1.54) is 12.8 Å². The number of aromatic nitrogens is 4. The molecule has 6 aliphatic rings. The Morgan fingerprint density at radius 1 is 0.554 bits per heavy atom. The van der Waals surface area contributed by atoms with Gasteiger partial charge in [-0.3, -0.25) is 28.5 Å². The SMILES string of the molecule is CCC[C@@H](c1nc2ccc(N3C[C@H](C)OC4(CCNCC4)C3)cc2c(=O)n1CC)N1C[C@H](C)C[C@H](C)C1.CCC[C@H](c1nc2ccc(N3C[C@H](C)OC4(CCNCC4)C3)cc2c(=O)n1CC)N1C[C@H](C)C[C@H](C)C1. The molecule has 14 nitrogen and oxygen atoms in total. The third-order valence-corrected chi connectivity index (χ3v) is 17.5. The normalized spacial score (nSPS) is 27.6. The molecule has 74 heavy (non-hydrogen) atoms. The summed E-state index contributed by atoms with van der Waals surface area (Å²) in [5.41, 5.74) is 3.87. The second kappa shape index (κ2) is 23.8. The predicted octanol–water partition coefficient (Wildman–Crippen LogP) is 9.17. The molecule has 10 rings (SSSR count). The molecule has 14 heteroatoms. The number of nitrogens with zero attached hydrogens (tertiary/aromatic N) is 8. The van der Waals surface area contributed by atoms with Gasteiger partial charge >= 0.3 is 0 Å². The molecule has 0 bridgehead atoms. The van der Waals surface area contributed by atoms with Crippen molar-refractivity contribution in [2.45, 2.75) is 182 Å². The lowest BCUT2D eigenvalue weighted by atomic mass is 9.89. The minimum Gasteiger partial charge on any atom is -0.368 e. The van der Waals surface area contributed by atoms with Crippen molar-refractivity contribution >= 4 is 33.2 Å². The molecule has 6 aliphatic heterocycles.